The van der Waals surface area contributed by atoms with Gasteiger partial charge in [0.25, 0.3) is 0 Å². The number of aliphatic hydroxyl groups is 5. The van der Waals surface area contributed by atoms with Gasteiger partial charge in [-0.15, -0.1) is 0 Å². The molecule has 8 N–H and O–H groups in total. The van der Waals surface area contributed by atoms with E-state index >= 15 is 0 Å². The predicted molar refractivity (Wildman–Crippen MR) is 166 cm³/mol. The summed E-state index contributed by atoms with van der Waals surface area (Å²) in [4.78, 5) is 12.9. The molecule has 2 aliphatic heterocycles. The summed E-state index contributed by atoms with van der Waals surface area (Å²) in [6, 6.07) is 7.43. The van der Waals surface area contributed by atoms with Crippen LogP contribution in [0.1, 0.15) is 26.3 Å². The molecule has 0 unspecified atom stereocenters. The van der Waals surface area contributed by atoms with E-state index in [1.807, 2.05) is 0 Å². The van der Waals surface area contributed by atoms with E-state index in [2.05, 4.69) is 5.32 Å². The van der Waals surface area contributed by atoms with E-state index in [1.165, 1.54) is 44.2 Å². The number of halogens is 2. The van der Waals surface area contributed by atoms with Gasteiger partial charge in [0.05, 0.1) is 11.7 Å². The van der Waals surface area contributed by atoms with Crippen LogP contribution in [-0.2, 0) is 19.0 Å². The van der Waals surface area contributed by atoms with Gasteiger partial charge < -0.3 is 60.3 Å². The minimum Gasteiger partial charge on any atom is -0.486 e. The zero-order valence-electron chi connectivity index (χ0n) is 25.7. The van der Waals surface area contributed by atoms with Crippen molar-refractivity contribution in [2.75, 3.05) is 19.1 Å². The maximum absolute atomic E-state index is 14.0. The van der Waals surface area contributed by atoms with Gasteiger partial charge in [0, 0.05) is 10.6 Å². The molecular formula is C32H38ClFN2O11. The second-order valence-electron chi connectivity index (χ2n) is 12.0. The van der Waals surface area contributed by atoms with Crippen LogP contribution in [0.4, 0.5) is 10.1 Å². The lowest BCUT2D eigenvalue weighted by molar-refractivity contribution is -0.155. The average Bonchev–Trinajstić information content (AvgIpc) is 3.60. The summed E-state index contributed by atoms with van der Waals surface area (Å²) >= 11 is 5.77. The Hall–Kier alpha value is -3.31. The van der Waals surface area contributed by atoms with Gasteiger partial charge in [0.15, 0.2) is 17.2 Å². The van der Waals surface area contributed by atoms with E-state index in [9.17, 15) is 34.7 Å². The molecule has 3 aliphatic rings. The molecule has 1 amide bonds. The lowest BCUT2D eigenvalue weighted by atomic mass is 9.83. The molecule has 0 radical (unpaired) electrons. The highest BCUT2D eigenvalue weighted by atomic mass is 35.5. The average molecular weight is 681 g/mol. The van der Waals surface area contributed by atoms with Gasteiger partial charge >= 0.3 is 0 Å². The van der Waals surface area contributed by atoms with Crippen LogP contribution in [-0.4, -0.2) is 106 Å². The molecule has 0 aromatic heterocycles. The van der Waals surface area contributed by atoms with E-state index in [4.69, 9.17) is 41.0 Å². The zero-order chi connectivity index (χ0) is 34.2. The number of fused-ring (bicyclic) bond motifs is 1. The van der Waals surface area contributed by atoms with Gasteiger partial charge in [-0.1, -0.05) is 17.7 Å². The molecule has 2 aromatic carbocycles. The Balaban J connectivity index is 1.21. The summed E-state index contributed by atoms with van der Waals surface area (Å²) in [5.41, 5.74) is 5.73. The van der Waals surface area contributed by atoms with Gasteiger partial charge in [0.2, 0.25) is 12.2 Å². The molecule has 47 heavy (non-hydrogen) atoms. The second-order valence-corrected chi connectivity index (χ2v) is 12.4. The number of aliphatic hydroxyl groups excluding tert-OH is 4. The smallest absolute Gasteiger partial charge is 0.247 e. The molecule has 13 nitrogen and oxygen atoms in total. The third-order valence-corrected chi connectivity index (χ3v) is 8.77. The number of nitrogens with two attached hydrogens (primary N) is 1. The Morgan fingerprint density at radius 1 is 1.09 bits per heavy atom. The quantitative estimate of drug-likeness (QED) is 0.113. The highest BCUT2D eigenvalue weighted by Crippen LogP contribution is 2.37. The largest absolute Gasteiger partial charge is 0.486 e. The summed E-state index contributed by atoms with van der Waals surface area (Å²) in [5, 5.41) is 56.1. The summed E-state index contributed by atoms with van der Waals surface area (Å²) in [6.07, 6.45) is -6.57. The zero-order valence-corrected chi connectivity index (χ0v) is 26.5. The molecule has 0 spiro atoms. The van der Waals surface area contributed by atoms with E-state index in [1.54, 1.807) is 19.1 Å². The number of rotatable bonds is 9. The first-order chi connectivity index (χ1) is 22.2. The standard InChI is InChI=1S/C32H38ClFN2O11/c1-14(8-9-43-20-7-5-17(33)12-18(20)34)26-29(40)32(3,42)31(47-26)46-21-6-4-16(11-19(21)35)10-15(2)30(41)36-22-23(37)25(39)28-27(24(22)38)44-13-45-28/h4-8,10-12,22-29,31,37-40,42H,9,13,35H2,1-3H3,(H,36,41)/b14-8+,15-10+/t22-,23+,24-,25-,26-,27+,28-,29-,31-,32-/m1/s1. The number of carbonyl (C=O) groups excluding carboxylic acids is 1. The van der Waals surface area contributed by atoms with Crippen LogP contribution >= 0.6 is 11.6 Å². The monoisotopic (exact) mass is 680 g/mol. The number of nitrogen functional groups attached to an aromatic ring is 1. The molecule has 0 bridgehead atoms. The number of amides is 1. The van der Waals surface area contributed by atoms with Gasteiger partial charge in [0.1, 0.15) is 61.9 Å². The Labute approximate surface area is 274 Å². The maximum Gasteiger partial charge on any atom is 0.247 e. The first-order valence-corrected chi connectivity index (χ1v) is 15.2. The lowest BCUT2D eigenvalue weighted by Gasteiger charge is -2.41. The molecule has 10 atom stereocenters. The van der Waals surface area contributed by atoms with Crippen LogP contribution in [0.15, 0.2) is 53.6 Å². The fourth-order valence-corrected chi connectivity index (χ4v) is 5.84. The number of carbonyl (C=O) groups is 1. The van der Waals surface area contributed by atoms with Gasteiger partial charge in [-0.25, -0.2) is 4.39 Å². The maximum atomic E-state index is 14.0. The van der Waals surface area contributed by atoms with Crippen LogP contribution in [0, 0.1) is 5.82 Å². The number of ether oxygens (including phenoxy) is 5. The second kappa shape index (κ2) is 14.0. The number of nitrogens with one attached hydrogen (secondary N) is 1. The first-order valence-electron chi connectivity index (χ1n) is 14.8. The molecular weight excluding hydrogens is 643 g/mol. The third kappa shape index (κ3) is 7.26. The molecule has 1 saturated carbocycles. The number of hydrogen-bond donors (Lipinski definition) is 7. The van der Waals surface area contributed by atoms with E-state index in [0.717, 1.165) is 6.07 Å². The topological polar surface area (TPSA) is 202 Å². The summed E-state index contributed by atoms with van der Waals surface area (Å²) < 4.78 is 41.7. The van der Waals surface area contributed by atoms with E-state index < -0.39 is 72.4 Å². The molecule has 2 heterocycles. The Kier molecular flexibility index (Phi) is 10.5. The van der Waals surface area contributed by atoms with Crippen LogP contribution < -0.4 is 20.5 Å². The van der Waals surface area contributed by atoms with E-state index in [-0.39, 0.29) is 41.2 Å². The molecule has 256 valence electrons. The number of anilines is 1. The molecule has 1 aliphatic carbocycles. The highest BCUT2D eigenvalue weighted by Gasteiger charge is 2.55. The molecule has 15 heteroatoms. The molecule has 2 aromatic rings. The molecule has 5 rings (SSSR count). The normalized spacial score (nSPS) is 34.2. The summed E-state index contributed by atoms with van der Waals surface area (Å²) in [7, 11) is 0. The van der Waals surface area contributed by atoms with Crippen LogP contribution in [0.2, 0.25) is 5.02 Å². The van der Waals surface area contributed by atoms with Crippen molar-refractivity contribution in [3.63, 3.8) is 0 Å². The van der Waals surface area contributed by atoms with Gasteiger partial charge in [-0.2, -0.15) is 0 Å². The lowest BCUT2D eigenvalue weighted by Crippen LogP contribution is -2.67. The number of benzene rings is 2. The molecule has 2 saturated heterocycles. The van der Waals surface area contributed by atoms with Crippen molar-refractivity contribution < 1.29 is 58.4 Å². The summed E-state index contributed by atoms with van der Waals surface area (Å²) in [5.74, 6) is -1.10. The first kappa shape index (κ1) is 35.0. The fourth-order valence-electron chi connectivity index (χ4n) is 5.68. The van der Waals surface area contributed by atoms with Crippen molar-refractivity contribution in [1.82, 2.24) is 5.32 Å². The SMILES string of the molecule is C/C(=C\c1ccc(O[C@@H]2O[C@H](/C(C)=C/COc3ccc(Cl)cc3F)[C@@H](O)[C@@]2(C)O)c(N)c1)C(=O)N[C@@H]1[C@H](O)[C@@H](O)[C@H]2OCO[C@H]2[C@@H]1O. The number of hydrogen-bond acceptors (Lipinski definition) is 12. The predicted octanol–water partition coefficient (Wildman–Crippen LogP) is 1.03. The van der Waals surface area contributed by atoms with Crippen LogP contribution in [0.3, 0.4) is 0 Å². The Morgan fingerprint density at radius 2 is 1.77 bits per heavy atom. The Morgan fingerprint density at radius 3 is 2.45 bits per heavy atom. The van der Waals surface area contributed by atoms with Crippen molar-refractivity contribution in [1.29, 1.82) is 0 Å². The summed E-state index contributed by atoms with van der Waals surface area (Å²) in [6.45, 7) is 4.34. The van der Waals surface area contributed by atoms with Gasteiger partial charge in [-0.3, -0.25) is 4.79 Å². The molecule has 3 fully saturated rings. The van der Waals surface area contributed by atoms with Crippen molar-refractivity contribution in [3.05, 3.63) is 70.0 Å². The third-order valence-electron chi connectivity index (χ3n) is 8.53. The van der Waals surface area contributed by atoms with Crippen molar-refractivity contribution in [3.8, 4) is 11.5 Å². The fraction of sp³-hybridized carbons (Fsp3) is 0.469. The Bertz CT molecular complexity index is 1540. The minimum atomic E-state index is -1.85. The van der Waals surface area contributed by atoms with Gasteiger partial charge in [-0.05, 0) is 74.4 Å². The van der Waals surface area contributed by atoms with Crippen LogP contribution in [0.5, 0.6) is 11.5 Å². The van der Waals surface area contributed by atoms with Crippen molar-refractivity contribution in [2.45, 2.75) is 81.4 Å². The van der Waals surface area contributed by atoms with Crippen LogP contribution in [0.25, 0.3) is 6.08 Å². The minimum absolute atomic E-state index is 0.00144. The van der Waals surface area contributed by atoms with Crippen molar-refractivity contribution in [2.24, 2.45) is 0 Å². The highest BCUT2D eigenvalue weighted by molar-refractivity contribution is 6.30. The van der Waals surface area contributed by atoms with Crippen molar-refractivity contribution >= 4 is 29.3 Å². The van der Waals surface area contributed by atoms with E-state index in [0.29, 0.717) is 11.1 Å².